The lowest BCUT2D eigenvalue weighted by Gasteiger charge is -2.14. The number of halogens is 1. The maximum absolute atomic E-state index is 13.3. The lowest BCUT2D eigenvalue weighted by Crippen LogP contribution is -2.30. The summed E-state index contributed by atoms with van der Waals surface area (Å²) in [7, 11) is -2.56. The molecule has 1 amide bonds. The number of hydrogen-bond acceptors (Lipinski definition) is 7. The molecule has 154 valence electrons. The Morgan fingerprint density at radius 1 is 1.21 bits per heavy atom. The number of amides is 1. The van der Waals surface area contributed by atoms with E-state index >= 15 is 0 Å². The Labute approximate surface area is 164 Å². The molecule has 1 unspecified atom stereocenters. The highest BCUT2D eigenvalue weighted by atomic mass is 32.2. The molecule has 0 heterocycles. The molecule has 0 spiro atoms. The average molecular weight is 425 g/mol. The van der Waals surface area contributed by atoms with Crippen molar-refractivity contribution in [2.45, 2.75) is 17.9 Å². The molecule has 0 aliphatic rings. The Morgan fingerprint density at radius 3 is 2.52 bits per heavy atom. The molecule has 29 heavy (non-hydrogen) atoms. The summed E-state index contributed by atoms with van der Waals surface area (Å²) in [4.78, 5) is 34.0. The number of sulfonamides is 1. The summed E-state index contributed by atoms with van der Waals surface area (Å²) in [6.45, 7) is 1.25. The van der Waals surface area contributed by atoms with Gasteiger partial charge >= 0.3 is 11.7 Å². The third kappa shape index (κ3) is 5.33. The number of ether oxygens (including phenoxy) is 1. The van der Waals surface area contributed by atoms with Crippen molar-refractivity contribution < 1.29 is 32.1 Å². The number of anilines is 1. The van der Waals surface area contributed by atoms with Crippen LogP contribution in [0.25, 0.3) is 0 Å². The maximum atomic E-state index is 13.3. The third-order valence-corrected chi connectivity index (χ3v) is 5.12. The summed E-state index contributed by atoms with van der Waals surface area (Å²) in [6, 6.07) is 7.77. The summed E-state index contributed by atoms with van der Waals surface area (Å²) in [5.41, 5.74) is -0.985. The minimum Gasteiger partial charge on any atom is -0.449 e. The van der Waals surface area contributed by atoms with Crippen molar-refractivity contribution in [1.82, 2.24) is 4.72 Å². The summed E-state index contributed by atoms with van der Waals surface area (Å²) in [6.07, 6.45) is -1.32. The molecule has 0 fully saturated rings. The predicted octanol–water partition coefficient (Wildman–Crippen LogP) is 1.83. The van der Waals surface area contributed by atoms with E-state index in [0.717, 1.165) is 24.3 Å². The van der Waals surface area contributed by atoms with E-state index in [0.29, 0.717) is 0 Å². The molecular formula is C17H16FN3O7S. The number of nitro benzene ring substituents is 1. The van der Waals surface area contributed by atoms with Gasteiger partial charge in [0.2, 0.25) is 15.8 Å². The van der Waals surface area contributed by atoms with Crippen LogP contribution in [0.1, 0.15) is 17.3 Å². The van der Waals surface area contributed by atoms with E-state index in [9.17, 15) is 32.5 Å². The van der Waals surface area contributed by atoms with Crippen molar-refractivity contribution in [2.75, 3.05) is 12.4 Å². The van der Waals surface area contributed by atoms with E-state index in [4.69, 9.17) is 4.74 Å². The smallest absolute Gasteiger partial charge is 0.338 e. The molecule has 2 aromatic carbocycles. The third-order valence-electron chi connectivity index (χ3n) is 3.71. The van der Waals surface area contributed by atoms with Gasteiger partial charge in [-0.2, -0.15) is 4.39 Å². The standard InChI is InChI=1S/C17H16FN3O7S/c1-10(16(22)20-12-6-7-14(18)15(9-12)21(24)25)28-17(23)11-4-3-5-13(8-11)29(26,27)19-2/h3-10,19H,1-2H3,(H,20,22). The summed E-state index contributed by atoms with van der Waals surface area (Å²) in [5.74, 6) is -2.84. The molecule has 2 rings (SSSR count). The fraction of sp³-hybridized carbons (Fsp3) is 0.176. The molecule has 0 saturated carbocycles. The van der Waals surface area contributed by atoms with E-state index in [-0.39, 0.29) is 16.1 Å². The van der Waals surface area contributed by atoms with Gasteiger partial charge in [-0.25, -0.2) is 17.9 Å². The van der Waals surface area contributed by atoms with Crippen molar-refractivity contribution in [3.63, 3.8) is 0 Å². The summed E-state index contributed by atoms with van der Waals surface area (Å²) < 4.78 is 44.1. The second-order valence-corrected chi connectivity index (χ2v) is 7.58. The largest absolute Gasteiger partial charge is 0.449 e. The first-order chi connectivity index (χ1) is 13.5. The van der Waals surface area contributed by atoms with Gasteiger partial charge in [0.05, 0.1) is 15.4 Å². The highest BCUT2D eigenvalue weighted by molar-refractivity contribution is 7.89. The molecule has 0 aromatic heterocycles. The SMILES string of the molecule is CNS(=O)(=O)c1cccc(C(=O)OC(C)C(=O)Nc2ccc(F)c([N+](=O)[O-])c2)c1. The molecule has 10 nitrogen and oxygen atoms in total. The zero-order chi connectivity index (χ0) is 21.8. The average Bonchev–Trinajstić information content (AvgIpc) is 2.69. The molecule has 0 saturated heterocycles. The molecule has 2 N–H and O–H groups in total. The molecule has 2 aromatic rings. The number of rotatable bonds is 7. The van der Waals surface area contributed by atoms with Crippen molar-refractivity contribution in [2.24, 2.45) is 0 Å². The molecule has 1 atom stereocenters. The molecular weight excluding hydrogens is 409 g/mol. The molecule has 0 radical (unpaired) electrons. The number of benzene rings is 2. The van der Waals surface area contributed by atoms with Crippen molar-refractivity contribution in [3.8, 4) is 0 Å². The van der Waals surface area contributed by atoms with Gasteiger partial charge in [0.1, 0.15) is 0 Å². The summed E-state index contributed by atoms with van der Waals surface area (Å²) in [5, 5.41) is 13.0. The number of carbonyl (C=O) groups is 2. The van der Waals surface area contributed by atoms with Crippen LogP contribution in [0.5, 0.6) is 0 Å². The maximum Gasteiger partial charge on any atom is 0.338 e. The van der Waals surface area contributed by atoms with Crippen LogP contribution in [-0.4, -0.2) is 38.4 Å². The fourth-order valence-electron chi connectivity index (χ4n) is 2.16. The number of carbonyl (C=O) groups excluding carboxylic acids is 2. The van der Waals surface area contributed by atoms with E-state index in [2.05, 4.69) is 10.0 Å². The number of esters is 1. The second kappa shape index (κ2) is 8.75. The number of nitrogens with one attached hydrogen (secondary N) is 2. The van der Waals surface area contributed by atoms with Gasteiger partial charge in [-0.1, -0.05) is 6.07 Å². The van der Waals surface area contributed by atoms with E-state index < -0.39 is 44.4 Å². The van der Waals surface area contributed by atoms with Gasteiger partial charge in [0, 0.05) is 11.8 Å². The Kier molecular flexibility index (Phi) is 6.61. The first-order valence-electron chi connectivity index (χ1n) is 8.04. The minimum absolute atomic E-state index is 0.0619. The first kappa shape index (κ1) is 21.9. The van der Waals surface area contributed by atoms with Crippen LogP contribution >= 0.6 is 0 Å². The number of nitro groups is 1. The number of hydrogen-bond donors (Lipinski definition) is 2. The van der Waals surface area contributed by atoms with Crippen LogP contribution in [0.4, 0.5) is 15.8 Å². The Morgan fingerprint density at radius 2 is 1.90 bits per heavy atom. The molecule has 0 aliphatic carbocycles. The van der Waals surface area contributed by atoms with Gasteiger partial charge < -0.3 is 10.1 Å². The van der Waals surface area contributed by atoms with Crippen LogP contribution in [0.3, 0.4) is 0 Å². The molecule has 0 bridgehead atoms. The first-order valence-corrected chi connectivity index (χ1v) is 9.53. The van der Waals surface area contributed by atoms with Crippen LogP contribution in [0.2, 0.25) is 0 Å². The predicted molar refractivity (Wildman–Crippen MR) is 99.2 cm³/mol. The molecule has 0 aliphatic heterocycles. The van der Waals surface area contributed by atoms with Gasteiger partial charge in [0.15, 0.2) is 6.10 Å². The van der Waals surface area contributed by atoms with Crippen LogP contribution in [0, 0.1) is 15.9 Å². The van der Waals surface area contributed by atoms with Crippen molar-refractivity contribution in [1.29, 1.82) is 0 Å². The quantitative estimate of drug-likeness (QED) is 0.391. The normalized spacial score (nSPS) is 12.1. The minimum atomic E-state index is -3.78. The lowest BCUT2D eigenvalue weighted by molar-refractivity contribution is -0.387. The highest BCUT2D eigenvalue weighted by Crippen LogP contribution is 2.22. The van der Waals surface area contributed by atoms with Crippen LogP contribution in [0.15, 0.2) is 47.4 Å². The van der Waals surface area contributed by atoms with Crippen molar-refractivity contribution in [3.05, 3.63) is 64.0 Å². The van der Waals surface area contributed by atoms with Crippen LogP contribution in [-0.2, 0) is 19.6 Å². The topological polar surface area (TPSA) is 145 Å². The Balaban J connectivity index is 2.10. The zero-order valence-corrected chi connectivity index (χ0v) is 16.0. The zero-order valence-electron chi connectivity index (χ0n) is 15.2. The van der Waals surface area contributed by atoms with E-state index in [1.165, 1.54) is 32.2 Å². The van der Waals surface area contributed by atoms with Crippen molar-refractivity contribution >= 4 is 33.3 Å². The molecule has 12 heteroatoms. The number of nitrogens with zero attached hydrogens (tertiary/aromatic N) is 1. The lowest BCUT2D eigenvalue weighted by atomic mass is 10.2. The monoisotopic (exact) mass is 425 g/mol. The fourth-order valence-corrected chi connectivity index (χ4v) is 2.94. The van der Waals surface area contributed by atoms with Gasteiger partial charge in [-0.3, -0.25) is 14.9 Å². The Bertz CT molecular complexity index is 1070. The summed E-state index contributed by atoms with van der Waals surface area (Å²) >= 11 is 0. The highest BCUT2D eigenvalue weighted by Gasteiger charge is 2.22. The van der Waals surface area contributed by atoms with Gasteiger partial charge in [-0.15, -0.1) is 0 Å². The van der Waals surface area contributed by atoms with Crippen LogP contribution < -0.4 is 10.0 Å². The Hall–Kier alpha value is -3.38. The van der Waals surface area contributed by atoms with E-state index in [1.54, 1.807) is 0 Å². The van der Waals surface area contributed by atoms with Gasteiger partial charge in [0.25, 0.3) is 5.91 Å². The second-order valence-electron chi connectivity index (χ2n) is 5.70. The van der Waals surface area contributed by atoms with Gasteiger partial charge in [-0.05, 0) is 44.3 Å². The van der Waals surface area contributed by atoms with E-state index in [1.807, 2.05) is 0 Å².